The predicted molar refractivity (Wildman–Crippen MR) is 74.6 cm³/mol. The zero-order valence-corrected chi connectivity index (χ0v) is 11.2. The van der Waals surface area contributed by atoms with Crippen LogP contribution in [0.2, 0.25) is 0 Å². The standard InChI is InChI=1S/C15H22NO2/c1-3-5-8-13(4-2)11-18-15-10-7-6-9-14(15)16-12-17/h6-7,9-10,13H,3-5,8,11H2,1-2H3,(H,16,17). The van der Waals surface area contributed by atoms with Gasteiger partial charge < -0.3 is 10.1 Å². The summed E-state index contributed by atoms with van der Waals surface area (Å²) in [7, 11) is 0. The minimum absolute atomic E-state index is 0.582. The lowest BCUT2D eigenvalue weighted by Gasteiger charge is -2.17. The van der Waals surface area contributed by atoms with Crippen molar-refractivity contribution in [3.8, 4) is 5.75 Å². The molecular weight excluding hydrogens is 226 g/mol. The van der Waals surface area contributed by atoms with Crippen LogP contribution in [-0.2, 0) is 4.79 Å². The Hall–Kier alpha value is -1.51. The van der Waals surface area contributed by atoms with Gasteiger partial charge in [-0.2, -0.15) is 0 Å². The number of benzene rings is 1. The van der Waals surface area contributed by atoms with Crippen LogP contribution in [0.5, 0.6) is 5.75 Å². The molecule has 1 aromatic carbocycles. The summed E-state index contributed by atoms with van der Waals surface area (Å²) in [5.74, 6) is 1.30. The van der Waals surface area contributed by atoms with Gasteiger partial charge in [-0.15, -0.1) is 0 Å². The molecule has 99 valence electrons. The van der Waals surface area contributed by atoms with Crippen LogP contribution >= 0.6 is 0 Å². The monoisotopic (exact) mass is 248 g/mol. The summed E-state index contributed by atoms with van der Waals surface area (Å²) in [4.78, 5) is 10.4. The summed E-state index contributed by atoms with van der Waals surface area (Å²) in [5.41, 5.74) is 0.679. The summed E-state index contributed by atoms with van der Waals surface area (Å²) in [6.45, 7) is 5.09. The largest absolute Gasteiger partial charge is 0.491 e. The third-order valence-corrected chi connectivity index (χ3v) is 3.09. The first-order chi connectivity index (χ1) is 8.81. The fourth-order valence-electron chi connectivity index (χ4n) is 1.86. The van der Waals surface area contributed by atoms with Crippen LogP contribution in [0, 0.1) is 5.92 Å². The van der Waals surface area contributed by atoms with Gasteiger partial charge in [0.05, 0.1) is 12.3 Å². The van der Waals surface area contributed by atoms with E-state index in [0.29, 0.717) is 18.2 Å². The Morgan fingerprint density at radius 1 is 1.33 bits per heavy atom. The first-order valence-electron chi connectivity index (χ1n) is 6.66. The molecular formula is C15H22NO2. The van der Waals surface area contributed by atoms with Gasteiger partial charge in [-0.05, 0) is 24.5 Å². The zero-order valence-electron chi connectivity index (χ0n) is 11.2. The van der Waals surface area contributed by atoms with Gasteiger partial charge in [-0.3, -0.25) is 4.79 Å². The van der Waals surface area contributed by atoms with E-state index in [-0.39, 0.29) is 0 Å². The third kappa shape index (κ3) is 4.78. The number of para-hydroxylation sites is 2. The number of nitrogens with one attached hydrogen (secondary N) is 1. The smallest absolute Gasteiger partial charge is 0.314 e. The normalized spacial score (nSPS) is 11.9. The van der Waals surface area contributed by atoms with Gasteiger partial charge in [0, 0.05) is 0 Å². The summed E-state index contributed by atoms with van der Waals surface area (Å²) in [6.07, 6.45) is 6.45. The van der Waals surface area contributed by atoms with E-state index in [4.69, 9.17) is 4.74 Å². The molecule has 0 bridgehead atoms. The maximum absolute atomic E-state index is 10.4. The van der Waals surface area contributed by atoms with Crippen molar-refractivity contribution in [2.24, 2.45) is 5.92 Å². The van der Waals surface area contributed by atoms with Gasteiger partial charge in [-0.25, -0.2) is 0 Å². The average molecular weight is 248 g/mol. The van der Waals surface area contributed by atoms with Gasteiger partial charge in [0.2, 0.25) is 0 Å². The molecule has 1 aromatic rings. The zero-order chi connectivity index (χ0) is 13.2. The summed E-state index contributed by atoms with van der Waals surface area (Å²) in [6, 6.07) is 7.44. The first-order valence-corrected chi connectivity index (χ1v) is 6.66. The van der Waals surface area contributed by atoms with Crippen molar-refractivity contribution < 1.29 is 9.53 Å². The number of hydrogen-bond acceptors (Lipinski definition) is 2. The summed E-state index contributed by atoms with van der Waals surface area (Å²) < 4.78 is 5.80. The molecule has 1 radical (unpaired) electrons. The number of rotatable bonds is 9. The highest BCUT2D eigenvalue weighted by Crippen LogP contribution is 2.24. The van der Waals surface area contributed by atoms with Crippen molar-refractivity contribution in [1.82, 2.24) is 0 Å². The maximum atomic E-state index is 10.4. The van der Waals surface area contributed by atoms with Crippen molar-refractivity contribution in [2.75, 3.05) is 11.9 Å². The average Bonchev–Trinajstić information content (AvgIpc) is 2.41. The molecule has 0 saturated heterocycles. The number of unbranched alkanes of at least 4 members (excludes halogenated alkanes) is 1. The molecule has 3 nitrogen and oxygen atoms in total. The van der Waals surface area contributed by atoms with Crippen LogP contribution in [0.1, 0.15) is 39.5 Å². The van der Waals surface area contributed by atoms with E-state index in [1.54, 1.807) is 6.41 Å². The molecule has 1 rings (SSSR count). The molecule has 0 aliphatic carbocycles. The molecule has 0 aliphatic rings. The second-order valence-corrected chi connectivity index (χ2v) is 4.45. The van der Waals surface area contributed by atoms with Crippen molar-refractivity contribution in [3.63, 3.8) is 0 Å². The Morgan fingerprint density at radius 2 is 2.11 bits per heavy atom. The Balaban J connectivity index is 2.52. The van der Waals surface area contributed by atoms with E-state index >= 15 is 0 Å². The van der Waals surface area contributed by atoms with Gasteiger partial charge in [-0.1, -0.05) is 45.2 Å². The fraction of sp³-hybridized carbons (Fsp3) is 0.533. The van der Waals surface area contributed by atoms with E-state index in [1.807, 2.05) is 24.3 Å². The number of anilines is 1. The minimum Gasteiger partial charge on any atom is -0.491 e. The fourth-order valence-corrected chi connectivity index (χ4v) is 1.86. The molecule has 0 spiro atoms. The number of ether oxygens (including phenoxy) is 1. The van der Waals surface area contributed by atoms with Crippen LogP contribution in [0.4, 0.5) is 5.69 Å². The molecule has 1 atom stereocenters. The van der Waals surface area contributed by atoms with Crippen LogP contribution in [0.25, 0.3) is 0 Å². The van der Waals surface area contributed by atoms with E-state index in [1.165, 1.54) is 19.3 Å². The van der Waals surface area contributed by atoms with E-state index in [2.05, 4.69) is 19.2 Å². The predicted octanol–water partition coefficient (Wildman–Crippen LogP) is 3.76. The Labute approximate surface area is 110 Å². The SMILES string of the molecule is CCCCC(CC)COc1ccccc1N[C]=O. The van der Waals surface area contributed by atoms with E-state index < -0.39 is 0 Å². The molecule has 0 aromatic heterocycles. The van der Waals surface area contributed by atoms with Crippen LogP contribution < -0.4 is 10.1 Å². The number of carbonyl (C=O) groups excluding carboxylic acids is 1. The topological polar surface area (TPSA) is 38.3 Å². The molecule has 0 aliphatic heterocycles. The second kappa shape index (κ2) is 8.56. The van der Waals surface area contributed by atoms with Crippen molar-refractivity contribution in [1.29, 1.82) is 0 Å². The molecule has 0 heterocycles. The number of amides is 1. The van der Waals surface area contributed by atoms with Gasteiger partial charge in [0.25, 0.3) is 0 Å². The van der Waals surface area contributed by atoms with E-state index in [0.717, 1.165) is 12.2 Å². The highest BCUT2D eigenvalue weighted by atomic mass is 16.5. The Morgan fingerprint density at radius 3 is 2.78 bits per heavy atom. The Kier molecular flexibility index (Phi) is 6.92. The van der Waals surface area contributed by atoms with E-state index in [9.17, 15) is 4.79 Å². The van der Waals surface area contributed by atoms with Crippen LogP contribution in [-0.4, -0.2) is 13.0 Å². The highest BCUT2D eigenvalue weighted by molar-refractivity contribution is 5.75. The molecule has 1 amide bonds. The van der Waals surface area contributed by atoms with Gasteiger partial charge in [0.1, 0.15) is 5.75 Å². The maximum Gasteiger partial charge on any atom is 0.314 e. The van der Waals surface area contributed by atoms with Crippen molar-refractivity contribution in [3.05, 3.63) is 24.3 Å². The lowest BCUT2D eigenvalue weighted by atomic mass is 10.0. The summed E-state index contributed by atoms with van der Waals surface area (Å²) in [5, 5.41) is 2.53. The van der Waals surface area contributed by atoms with Crippen LogP contribution in [0.15, 0.2) is 24.3 Å². The lowest BCUT2D eigenvalue weighted by molar-refractivity contribution is 0.234. The minimum atomic E-state index is 0.582. The quantitative estimate of drug-likeness (QED) is 0.676. The molecule has 1 unspecified atom stereocenters. The number of hydrogen-bond donors (Lipinski definition) is 1. The van der Waals surface area contributed by atoms with Crippen molar-refractivity contribution in [2.45, 2.75) is 39.5 Å². The van der Waals surface area contributed by atoms with Gasteiger partial charge in [0.15, 0.2) is 0 Å². The Bertz CT molecular complexity index is 352. The second-order valence-electron chi connectivity index (χ2n) is 4.45. The molecule has 0 saturated carbocycles. The van der Waals surface area contributed by atoms with Gasteiger partial charge >= 0.3 is 6.41 Å². The molecule has 1 N–H and O–H groups in total. The van der Waals surface area contributed by atoms with Crippen LogP contribution in [0.3, 0.4) is 0 Å². The third-order valence-electron chi connectivity index (χ3n) is 3.09. The lowest BCUT2D eigenvalue weighted by Crippen LogP contribution is -2.12. The molecule has 3 heteroatoms. The molecule has 18 heavy (non-hydrogen) atoms. The first kappa shape index (κ1) is 14.6. The summed E-state index contributed by atoms with van der Waals surface area (Å²) >= 11 is 0. The molecule has 0 fully saturated rings. The highest BCUT2D eigenvalue weighted by Gasteiger charge is 2.08. The van der Waals surface area contributed by atoms with Crippen molar-refractivity contribution >= 4 is 12.1 Å².